The highest BCUT2D eigenvalue weighted by atomic mass is 16.5. The Morgan fingerprint density at radius 2 is 1.74 bits per heavy atom. The molecule has 0 fully saturated rings. The molecule has 1 atom stereocenters. The van der Waals surface area contributed by atoms with Crippen molar-refractivity contribution in [3.05, 3.63) is 59.2 Å². The first-order chi connectivity index (χ1) is 11.2. The summed E-state index contributed by atoms with van der Waals surface area (Å²) in [6.07, 6.45) is 2.83. The third-order valence-corrected chi connectivity index (χ3v) is 4.46. The van der Waals surface area contributed by atoms with E-state index in [2.05, 4.69) is 37.3 Å². The molecule has 0 N–H and O–H groups in total. The second kappa shape index (κ2) is 6.86. The Labute approximate surface area is 138 Å². The molecule has 0 aliphatic heterocycles. The Kier molecular flexibility index (Phi) is 4.65. The fourth-order valence-corrected chi connectivity index (χ4v) is 3.24. The van der Waals surface area contributed by atoms with Crippen molar-refractivity contribution in [2.75, 3.05) is 14.2 Å². The van der Waals surface area contributed by atoms with Crippen LogP contribution in [-0.2, 0) is 12.8 Å². The molecule has 3 nitrogen and oxygen atoms in total. The number of hydrogen-bond donors (Lipinski definition) is 0. The first kappa shape index (κ1) is 15.6. The van der Waals surface area contributed by atoms with Crippen molar-refractivity contribution < 1.29 is 9.47 Å². The molecule has 0 radical (unpaired) electrons. The standard InChI is InChI=1S/C20H23NO2/c1-14(15-7-5-4-6-8-15)21-17-10-11-18-16(13-17)9-12-19(22-2)20(18)23-3/h4-9,12,14H,10-11,13H2,1-3H3. The molecule has 1 unspecified atom stereocenters. The lowest BCUT2D eigenvalue weighted by Crippen LogP contribution is -2.16. The van der Waals surface area contributed by atoms with E-state index in [-0.39, 0.29) is 6.04 Å². The largest absolute Gasteiger partial charge is 0.493 e. The van der Waals surface area contributed by atoms with E-state index in [0.29, 0.717) is 0 Å². The van der Waals surface area contributed by atoms with Gasteiger partial charge in [-0.3, -0.25) is 4.99 Å². The molecule has 2 aromatic carbocycles. The van der Waals surface area contributed by atoms with Gasteiger partial charge in [0.2, 0.25) is 0 Å². The van der Waals surface area contributed by atoms with E-state index in [9.17, 15) is 0 Å². The molecule has 0 saturated carbocycles. The van der Waals surface area contributed by atoms with Crippen LogP contribution >= 0.6 is 0 Å². The molecule has 1 aliphatic rings. The summed E-state index contributed by atoms with van der Waals surface area (Å²) in [5, 5.41) is 0. The maximum Gasteiger partial charge on any atom is 0.164 e. The topological polar surface area (TPSA) is 30.8 Å². The molecule has 1 aliphatic carbocycles. The Hall–Kier alpha value is -2.29. The van der Waals surface area contributed by atoms with Crippen molar-refractivity contribution in [2.24, 2.45) is 4.99 Å². The van der Waals surface area contributed by atoms with Crippen molar-refractivity contribution in [1.82, 2.24) is 0 Å². The maximum atomic E-state index is 5.56. The molecular weight excluding hydrogens is 286 g/mol. The molecule has 0 aromatic heterocycles. The zero-order valence-corrected chi connectivity index (χ0v) is 14.0. The zero-order valence-electron chi connectivity index (χ0n) is 14.0. The highest BCUT2D eigenvalue weighted by molar-refractivity contribution is 5.89. The third kappa shape index (κ3) is 3.24. The second-order valence-electron chi connectivity index (χ2n) is 5.90. The number of hydrogen-bond acceptors (Lipinski definition) is 3. The molecule has 0 heterocycles. The molecule has 120 valence electrons. The van der Waals surface area contributed by atoms with Crippen LogP contribution in [0, 0.1) is 0 Å². The van der Waals surface area contributed by atoms with Crippen LogP contribution in [0.1, 0.15) is 36.1 Å². The van der Waals surface area contributed by atoms with Crippen LogP contribution in [0.5, 0.6) is 11.5 Å². The zero-order chi connectivity index (χ0) is 16.2. The van der Waals surface area contributed by atoms with Crippen LogP contribution in [0.3, 0.4) is 0 Å². The van der Waals surface area contributed by atoms with Crippen LogP contribution in [0.2, 0.25) is 0 Å². The Morgan fingerprint density at radius 3 is 2.43 bits per heavy atom. The van der Waals surface area contributed by atoms with E-state index in [1.807, 2.05) is 12.1 Å². The average Bonchev–Trinajstić information content (AvgIpc) is 2.61. The molecule has 3 rings (SSSR count). The molecule has 23 heavy (non-hydrogen) atoms. The van der Waals surface area contributed by atoms with Crippen LogP contribution in [0.25, 0.3) is 0 Å². The maximum absolute atomic E-state index is 5.56. The fraction of sp³-hybridized carbons (Fsp3) is 0.350. The first-order valence-corrected chi connectivity index (χ1v) is 8.06. The van der Waals surface area contributed by atoms with Crippen molar-refractivity contribution >= 4 is 5.71 Å². The quantitative estimate of drug-likeness (QED) is 0.838. The minimum atomic E-state index is 0.202. The minimum Gasteiger partial charge on any atom is -0.493 e. The summed E-state index contributed by atoms with van der Waals surface area (Å²) in [7, 11) is 3.39. The lowest BCUT2D eigenvalue weighted by Gasteiger charge is -2.22. The number of aliphatic imine (C=N–C) groups is 1. The SMILES string of the molecule is COc1ccc2c(c1OC)CCC(=NC(C)c1ccccc1)C2. The van der Waals surface area contributed by atoms with Crippen molar-refractivity contribution in [1.29, 1.82) is 0 Å². The summed E-state index contributed by atoms with van der Waals surface area (Å²) in [6.45, 7) is 2.16. The van der Waals surface area contributed by atoms with Gasteiger partial charge < -0.3 is 9.47 Å². The molecule has 0 spiro atoms. The summed E-state index contributed by atoms with van der Waals surface area (Å²) in [4.78, 5) is 4.95. The molecule has 0 bridgehead atoms. The molecule has 0 amide bonds. The van der Waals surface area contributed by atoms with E-state index in [1.54, 1.807) is 14.2 Å². The highest BCUT2D eigenvalue weighted by Gasteiger charge is 2.21. The number of methoxy groups -OCH3 is 2. The highest BCUT2D eigenvalue weighted by Crippen LogP contribution is 2.37. The van der Waals surface area contributed by atoms with Crippen LogP contribution < -0.4 is 9.47 Å². The van der Waals surface area contributed by atoms with Gasteiger partial charge in [0.15, 0.2) is 11.5 Å². The predicted molar refractivity (Wildman–Crippen MR) is 93.9 cm³/mol. The van der Waals surface area contributed by atoms with Gasteiger partial charge in [-0.15, -0.1) is 0 Å². The lowest BCUT2D eigenvalue weighted by atomic mass is 9.89. The predicted octanol–water partition coefficient (Wildman–Crippen LogP) is 4.39. The van der Waals surface area contributed by atoms with Crippen molar-refractivity contribution in [2.45, 2.75) is 32.2 Å². The van der Waals surface area contributed by atoms with Gasteiger partial charge in [-0.2, -0.15) is 0 Å². The average molecular weight is 309 g/mol. The Balaban J connectivity index is 1.84. The fourth-order valence-electron chi connectivity index (χ4n) is 3.24. The van der Waals surface area contributed by atoms with Crippen molar-refractivity contribution in [3.8, 4) is 11.5 Å². The van der Waals surface area contributed by atoms with Gasteiger partial charge in [0.05, 0.1) is 20.3 Å². The first-order valence-electron chi connectivity index (χ1n) is 8.06. The van der Waals surface area contributed by atoms with Crippen LogP contribution in [-0.4, -0.2) is 19.9 Å². The van der Waals surface area contributed by atoms with Gasteiger partial charge in [-0.05, 0) is 37.0 Å². The summed E-state index contributed by atoms with van der Waals surface area (Å²) in [6, 6.07) is 14.8. The summed E-state index contributed by atoms with van der Waals surface area (Å²) in [5.74, 6) is 1.68. The van der Waals surface area contributed by atoms with Gasteiger partial charge in [0.1, 0.15) is 0 Å². The van der Waals surface area contributed by atoms with E-state index in [4.69, 9.17) is 14.5 Å². The van der Waals surface area contributed by atoms with E-state index < -0.39 is 0 Å². The van der Waals surface area contributed by atoms with Gasteiger partial charge in [0.25, 0.3) is 0 Å². The van der Waals surface area contributed by atoms with E-state index in [0.717, 1.165) is 30.8 Å². The van der Waals surface area contributed by atoms with E-state index >= 15 is 0 Å². The molecular formula is C20H23NO2. The minimum absolute atomic E-state index is 0.202. The number of fused-ring (bicyclic) bond motifs is 1. The number of rotatable bonds is 4. The summed E-state index contributed by atoms with van der Waals surface area (Å²) < 4.78 is 11.0. The number of ether oxygens (including phenoxy) is 2. The second-order valence-corrected chi connectivity index (χ2v) is 5.90. The van der Waals surface area contributed by atoms with Gasteiger partial charge in [-0.25, -0.2) is 0 Å². The van der Waals surface area contributed by atoms with Gasteiger partial charge in [-0.1, -0.05) is 36.4 Å². The van der Waals surface area contributed by atoms with Crippen LogP contribution in [0.15, 0.2) is 47.5 Å². The Bertz CT molecular complexity index is 707. The molecule has 0 saturated heterocycles. The Morgan fingerprint density at radius 1 is 0.957 bits per heavy atom. The van der Waals surface area contributed by atoms with Gasteiger partial charge >= 0.3 is 0 Å². The normalized spacial score (nSPS) is 16.7. The number of benzene rings is 2. The number of nitrogens with zero attached hydrogens (tertiary/aromatic N) is 1. The molecule has 2 aromatic rings. The van der Waals surface area contributed by atoms with Crippen molar-refractivity contribution in [3.63, 3.8) is 0 Å². The van der Waals surface area contributed by atoms with E-state index in [1.165, 1.54) is 22.4 Å². The van der Waals surface area contributed by atoms with Crippen LogP contribution in [0.4, 0.5) is 0 Å². The smallest absolute Gasteiger partial charge is 0.164 e. The molecule has 3 heteroatoms. The third-order valence-electron chi connectivity index (χ3n) is 4.46. The monoisotopic (exact) mass is 309 g/mol. The van der Waals surface area contributed by atoms with Gasteiger partial charge in [0, 0.05) is 17.7 Å². The summed E-state index contributed by atoms with van der Waals surface area (Å²) in [5.41, 5.74) is 5.09. The summed E-state index contributed by atoms with van der Waals surface area (Å²) >= 11 is 0. The lowest BCUT2D eigenvalue weighted by molar-refractivity contribution is 0.351.